The number of carbonyl (C=O) groups is 1. The molecule has 0 saturated heterocycles. The van der Waals surface area contributed by atoms with E-state index in [1.165, 1.54) is 5.57 Å². The highest BCUT2D eigenvalue weighted by atomic mass is 16.2. The van der Waals surface area contributed by atoms with E-state index < -0.39 is 0 Å². The smallest absolute Gasteiger partial charge is 0.234 e. The summed E-state index contributed by atoms with van der Waals surface area (Å²) in [6.07, 6.45) is 7.12. The molecule has 1 atom stereocenters. The van der Waals surface area contributed by atoms with Gasteiger partial charge in [0.15, 0.2) is 0 Å². The van der Waals surface area contributed by atoms with Crippen LogP contribution in [0.25, 0.3) is 11.3 Å². The molecule has 1 amide bonds. The van der Waals surface area contributed by atoms with Crippen molar-refractivity contribution in [2.24, 2.45) is 0 Å². The number of carbonyl (C=O) groups excluding carboxylic acids is 1. The fourth-order valence-corrected chi connectivity index (χ4v) is 3.64. The number of hydrogen-bond acceptors (Lipinski definition) is 3. The lowest BCUT2D eigenvalue weighted by atomic mass is 10.0. The lowest BCUT2D eigenvalue weighted by molar-refractivity contribution is -0.122. The Morgan fingerprint density at radius 2 is 1.83 bits per heavy atom. The third-order valence-corrected chi connectivity index (χ3v) is 5.31. The molecular formula is C24H26N4O. The van der Waals surface area contributed by atoms with Crippen LogP contribution >= 0.6 is 0 Å². The highest BCUT2D eigenvalue weighted by Gasteiger charge is 2.18. The zero-order valence-corrected chi connectivity index (χ0v) is 16.7. The van der Waals surface area contributed by atoms with Crippen molar-refractivity contribution in [3.05, 3.63) is 90.3 Å². The van der Waals surface area contributed by atoms with E-state index in [1.54, 1.807) is 0 Å². The molecule has 0 aliphatic carbocycles. The first-order valence-electron chi connectivity index (χ1n) is 10.1. The molecule has 0 fully saturated rings. The Balaban J connectivity index is 1.32. The van der Waals surface area contributed by atoms with Gasteiger partial charge in [0.1, 0.15) is 0 Å². The Bertz CT molecular complexity index is 978. The Kier molecular flexibility index (Phi) is 5.86. The number of nitrogens with zero attached hydrogens (tertiary/aromatic N) is 3. The molecule has 3 aromatic rings. The van der Waals surface area contributed by atoms with Gasteiger partial charge in [-0.2, -0.15) is 5.10 Å². The van der Waals surface area contributed by atoms with Gasteiger partial charge in [-0.25, -0.2) is 4.68 Å². The molecule has 1 aromatic heterocycles. The summed E-state index contributed by atoms with van der Waals surface area (Å²) in [6, 6.07) is 20.2. The average Bonchev–Trinajstić information content (AvgIpc) is 3.26. The lowest BCUT2D eigenvalue weighted by Gasteiger charge is -2.26. The van der Waals surface area contributed by atoms with Gasteiger partial charge in [0.2, 0.25) is 5.91 Å². The summed E-state index contributed by atoms with van der Waals surface area (Å²) in [4.78, 5) is 14.6. The molecule has 4 rings (SSSR count). The van der Waals surface area contributed by atoms with Crippen LogP contribution < -0.4 is 5.32 Å². The zero-order chi connectivity index (χ0) is 20.1. The van der Waals surface area contributed by atoms with E-state index in [0.717, 1.165) is 36.3 Å². The quantitative estimate of drug-likeness (QED) is 0.700. The average molecular weight is 386 g/mol. The van der Waals surface area contributed by atoms with Crippen LogP contribution in [0.1, 0.15) is 30.5 Å². The first kappa shape index (κ1) is 19.2. The number of benzene rings is 2. The van der Waals surface area contributed by atoms with Gasteiger partial charge in [-0.3, -0.25) is 9.69 Å². The van der Waals surface area contributed by atoms with E-state index in [0.29, 0.717) is 6.54 Å². The van der Waals surface area contributed by atoms with Crippen LogP contribution in [0.5, 0.6) is 0 Å². The number of nitrogens with one attached hydrogen (secondary N) is 1. The van der Waals surface area contributed by atoms with Crippen molar-refractivity contribution in [2.45, 2.75) is 19.4 Å². The maximum absolute atomic E-state index is 12.4. The Morgan fingerprint density at radius 3 is 2.52 bits per heavy atom. The second kappa shape index (κ2) is 8.88. The van der Waals surface area contributed by atoms with E-state index in [-0.39, 0.29) is 11.9 Å². The topological polar surface area (TPSA) is 50.2 Å². The first-order chi connectivity index (χ1) is 14.2. The second-order valence-electron chi connectivity index (χ2n) is 7.42. The largest absolute Gasteiger partial charge is 0.348 e. The molecular weight excluding hydrogens is 360 g/mol. The van der Waals surface area contributed by atoms with Gasteiger partial charge in [0, 0.05) is 24.8 Å². The first-order valence-corrected chi connectivity index (χ1v) is 10.1. The molecule has 0 bridgehead atoms. The summed E-state index contributed by atoms with van der Waals surface area (Å²) < 4.78 is 1.90. The van der Waals surface area contributed by atoms with E-state index in [1.807, 2.05) is 78.5 Å². The van der Waals surface area contributed by atoms with Gasteiger partial charge in [0.25, 0.3) is 0 Å². The van der Waals surface area contributed by atoms with Crippen LogP contribution in [0.2, 0.25) is 0 Å². The van der Waals surface area contributed by atoms with Crippen LogP contribution in [0, 0.1) is 0 Å². The molecule has 0 spiro atoms. The molecule has 1 aliphatic rings. The van der Waals surface area contributed by atoms with E-state index in [2.05, 4.69) is 27.6 Å². The minimum atomic E-state index is 0.0171. The van der Waals surface area contributed by atoms with Crippen molar-refractivity contribution >= 4 is 11.5 Å². The predicted molar refractivity (Wildman–Crippen MR) is 116 cm³/mol. The van der Waals surface area contributed by atoms with Gasteiger partial charge in [-0.15, -0.1) is 0 Å². The standard InChI is InChI=1S/C24H26N4O/c1-19(20-8-4-2-5-9-20)26-24(29)18-27-14-12-21(13-15-27)22-16-25-28(17-22)23-10-6-3-7-11-23/h2-12,16-17,19H,13-15,18H2,1H3,(H,26,29). The number of para-hydroxylation sites is 1. The molecule has 1 aliphatic heterocycles. The SMILES string of the molecule is CC(NC(=O)CN1CC=C(c2cnn(-c3ccccc3)c2)CC1)c1ccccc1. The summed E-state index contributed by atoms with van der Waals surface area (Å²) >= 11 is 0. The second-order valence-corrected chi connectivity index (χ2v) is 7.42. The highest BCUT2D eigenvalue weighted by Crippen LogP contribution is 2.23. The third-order valence-electron chi connectivity index (χ3n) is 5.31. The number of amides is 1. The van der Waals surface area contributed by atoms with Crippen molar-refractivity contribution in [3.63, 3.8) is 0 Å². The third kappa shape index (κ3) is 4.81. The van der Waals surface area contributed by atoms with Crippen LogP contribution in [0.3, 0.4) is 0 Å². The molecule has 0 saturated carbocycles. The number of aromatic nitrogens is 2. The summed E-state index contributed by atoms with van der Waals surface area (Å²) in [5.74, 6) is 0.0649. The molecule has 2 heterocycles. The Hall–Kier alpha value is -3.18. The van der Waals surface area contributed by atoms with Crippen molar-refractivity contribution in [3.8, 4) is 5.69 Å². The Morgan fingerprint density at radius 1 is 1.10 bits per heavy atom. The maximum Gasteiger partial charge on any atom is 0.234 e. The van der Waals surface area contributed by atoms with Crippen molar-refractivity contribution in [1.82, 2.24) is 20.0 Å². The lowest BCUT2D eigenvalue weighted by Crippen LogP contribution is -2.40. The number of rotatable bonds is 6. The highest BCUT2D eigenvalue weighted by molar-refractivity contribution is 5.78. The normalized spacial score (nSPS) is 15.6. The molecule has 0 radical (unpaired) electrons. The maximum atomic E-state index is 12.4. The molecule has 5 nitrogen and oxygen atoms in total. The van der Waals surface area contributed by atoms with Gasteiger partial charge >= 0.3 is 0 Å². The zero-order valence-electron chi connectivity index (χ0n) is 16.7. The predicted octanol–water partition coefficient (Wildman–Crippen LogP) is 3.84. The molecule has 5 heteroatoms. The fraction of sp³-hybridized carbons (Fsp3) is 0.250. The van der Waals surface area contributed by atoms with Gasteiger partial charge in [0.05, 0.1) is 24.5 Å². The van der Waals surface area contributed by atoms with Crippen LogP contribution in [0.15, 0.2) is 79.1 Å². The molecule has 1 unspecified atom stereocenters. The van der Waals surface area contributed by atoms with E-state index in [9.17, 15) is 4.79 Å². The minimum Gasteiger partial charge on any atom is -0.348 e. The van der Waals surface area contributed by atoms with Crippen molar-refractivity contribution in [2.75, 3.05) is 19.6 Å². The summed E-state index contributed by atoms with van der Waals surface area (Å²) in [6.45, 7) is 4.09. The Labute approximate surface area is 171 Å². The van der Waals surface area contributed by atoms with E-state index >= 15 is 0 Å². The van der Waals surface area contributed by atoms with Crippen LogP contribution in [-0.2, 0) is 4.79 Å². The molecule has 1 N–H and O–H groups in total. The fourth-order valence-electron chi connectivity index (χ4n) is 3.64. The summed E-state index contributed by atoms with van der Waals surface area (Å²) in [5.41, 5.74) is 4.62. The monoisotopic (exact) mass is 386 g/mol. The van der Waals surface area contributed by atoms with Gasteiger partial charge in [-0.05, 0) is 36.6 Å². The van der Waals surface area contributed by atoms with Crippen molar-refractivity contribution < 1.29 is 4.79 Å². The van der Waals surface area contributed by atoms with E-state index in [4.69, 9.17) is 0 Å². The molecule has 148 valence electrons. The van der Waals surface area contributed by atoms with Gasteiger partial charge < -0.3 is 5.32 Å². The van der Waals surface area contributed by atoms with Crippen LogP contribution in [0.4, 0.5) is 0 Å². The summed E-state index contributed by atoms with van der Waals surface area (Å²) in [5, 5.41) is 7.58. The van der Waals surface area contributed by atoms with Crippen LogP contribution in [-0.4, -0.2) is 40.2 Å². The van der Waals surface area contributed by atoms with Gasteiger partial charge in [-0.1, -0.05) is 54.6 Å². The van der Waals surface area contributed by atoms with Crippen molar-refractivity contribution in [1.29, 1.82) is 0 Å². The molecule has 29 heavy (non-hydrogen) atoms. The summed E-state index contributed by atoms with van der Waals surface area (Å²) in [7, 11) is 0. The number of hydrogen-bond donors (Lipinski definition) is 1. The minimum absolute atomic E-state index is 0.0171. The molecule has 2 aromatic carbocycles.